The van der Waals surface area contributed by atoms with Crippen LogP contribution < -0.4 is 27.4 Å². The van der Waals surface area contributed by atoms with Crippen LogP contribution in [0.4, 0.5) is 8.78 Å². The number of ether oxygens (including phenoxy) is 1. The summed E-state index contributed by atoms with van der Waals surface area (Å²) >= 11 is 0. The molecule has 5 rings (SSSR count). The van der Waals surface area contributed by atoms with E-state index in [4.69, 9.17) is 16.2 Å². The number of rotatable bonds is 6. The Labute approximate surface area is 238 Å². The molecule has 0 aromatic heterocycles. The van der Waals surface area contributed by atoms with Gasteiger partial charge in [0.15, 0.2) is 0 Å². The van der Waals surface area contributed by atoms with Crippen LogP contribution >= 0.6 is 0 Å². The Bertz CT molecular complexity index is 803. The number of likely N-dealkylation sites (tertiary alicyclic amines) is 1. The molecule has 40 heavy (non-hydrogen) atoms. The van der Waals surface area contributed by atoms with E-state index in [1.54, 1.807) is 0 Å². The largest absolute Gasteiger partial charge is 0.379 e. The molecule has 0 bridgehead atoms. The Hall–Kier alpha value is -0.950. The second kappa shape index (κ2) is 14.0. The summed E-state index contributed by atoms with van der Waals surface area (Å²) in [6.45, 7) is 6.09. The van der Waals surface area contributed by atoms with Crippen molar-refractivity contribution < 1.29 is 18.3 Å². The lowest BCUT2D eigenvalue weighted by Crippen LogP contribution is -2.68. The first kappa shape index (κ1) is 30.5. The van der Waals surface area contributed by atoms with Crippen LogP contribution in [0.2, 0.25) is 0 Å². The highest BCUT2D eigenvalue weighted by molar-refractivity contribution is 5.80. The highest BCUT2D eigenvalue weighted by Gasteiger charge is 2.45. The summed E-state index contributed by atoms with van der Waals surface area (Å²) in [6.07, 6.45) is 6.86. The van der Waals surface area contributed by atoms with Crippen molar-refractivity contribution in [3.05, 3.63) is 0 Å². The van der Waals surface area contributed by atoms with Gasteiger partial charge in [0.25, 0.3) is 0 Å². The van der Waals surface area contributed by atoms with Crippen LogP contribution in [0.25, 0.3) is 0 Å². The molecule has 1 saturated carbocycles. The second-order valence-corrected chi connectivity index (χ2v) is 13.2. The topological polar surface area (TPSA) is 121 Å². The van der Waals surface area contributed by atoms with Crippen LogP contribution in [-0.2, 0) is 9.53 Å². The second-order valence-electron chi connectivity index (χ2n) is 13.2. The lowest BCUT2D eigenvalue weighted by atomic mass is 9.65. The van der Waals surface area contributed by atoms with Gasteiger partial charge < -0.3 is 32.2 Å². The molecule has 1 amide bonds. The molecule has 0 aromatic carbocycles. The molecule has 11 heteroatoms. The molecule has 7 N–H and O–H groups in total. The molecule has 0 radical (unpaired) electrons. The molecular formula is C29H53F2N7O2. The zero-order valence-corrected chi connectivity index (χ0v) is 24.2. The zero-order valence-electron chi connectivity index (χ0n) is 24.2. The van der Waals surface area contributed by atoms with Gasteiger partial charge in [-0.05, 0) is 50.4 Å². The molecule has 6 atom stereocenters. The van der Waals surface area contributed by atoms with Crippen molar-refractivity contribution in [2.24, 2.45) is 22.8 Å². The summed E-state index contributed by atoms with van der Waals surface area (Å²) in [4.78, 5) is 18.6. The Kier molecular flexibility index (Phi) is 10.7. The number of carbonyl (C=O) groups is 1. The van der Waals surface area contributed by atoms with Crippen molar-refractivity contribution in [2.75, 3.05) is 59.0 Å². The highest BCUT2D eigenvalue weighted by Crippen LogP contribution is 2.46. The van der Waals surface area contributed by atoms with Crippen LogP contribution in [-0.4, -0.2) is 117 Å². The van der Waals surface area contributed by atoms with Gasteiger partial charge in [0.2, 0.25) is 5.91 Å². The van der Waals surface area contributed by atoms with Crippen molar-refractivity contribution in [1.29, 1.82) is 0 Å². The molecule has 9 nitrogen and oxygen atoms in total. The minimum Gasteiger partial charge on any atom is -0.379 e. The van der Waals surface area contributed by atoms with E-state index in [-0.39, 0.29) is 36.5 Å². The van der Waals surface area contributed by atoms with Crippen molar-refractivity contribution in [3.63, 3.8) is 0 Å². The van der Waals surface area contributed by atoms with Crippen molar-refractivity contribution in [3.8, 4) is 0 Å². The minimum atomic E-state index is -1.08. The standard InChI is InChI=1S/C29H53F2N7O2/c30-20-4-9-29(7-2-1-3-8-29)16-23(35-17-20)25(27(32)33)28(39)36-24-19-34-18-22(31)26(24)38-10-5-21(6-11-38)37-12-14-40-15-13-37/h20-27,34-35H,1-19,32-33H2,(H,36,39). The monoisotopic (exact) mass is 569 g/mol. The molecule has 6 unspecified atom stereocenters. The fourth-order valence-electron chi connectivity index (χ4n) is 8.38. The first-order valence-corrected chi connectivity index (χ1v) is 15.9. The minimum absolute atomic E-state index is 0.0257. The molecule has 4 aliphatic heterocycles. The number of carbonyl (C=O) groups excluding carboxylic acids is 1. The maximum atomic E-state index is 15.5. The van der Waals surface area contributed by atoms with Gasteiger partial charge in [-0.3, -0.25) is 14.6 Å². The molecule has 1 aliphatic carbocycles. The summed E-state index contributed by atoms with van der Waals surface area (Å²) in [5.41, 5.74) is 12.6. The summed E-state index contributed by atoms with van der Waals surface area (Å²) < 4.78 is 35.7. The Morgan fingerprint density at radius 2 is 1.65 bits per heavy atom. The third kappa shape index (κ3) is 7.33. The number of hydrogen-bond acceptors (Lipinski definition) is 8. The van der Waals surface area contributed by atoms with E-state index in [0.717, 1.165) is 90.8 Å². The number of morpholine rings is 1. The number of hydrogen-bond donors (Lipinski definition) is 5. The van der Waals surface area contributed by atoms with Crippen LogP contribution in [0.1, 0.15) is 64.2 Å². The average molecular weight is 570 g/mol. The van der Waals surface area contributed by atoms with Crippen molar-refractivity contribution in [2.45, 2.75) is 107 Å². The summed E-state index contributed by atoms with van der Waals surface area (Å²) in [6, 6.07) is -0.583. The SMILES string of the molecule is NC(N)C(C(=O)NC1CNCC(F)C1N1CCC(N2CCOCC2)CC1)C1CC2(CCCCC2)CCC(F)CN1. The summed E-state index contributed by atoms with van der Waals surface area (Å²) in [7, 11) is 0. The van der Waals surface area contributed by atoms with Crippen LogP contribution in [0.5, 0.6) is 0 Å². The van der Waals surface area contributed by atoms with Gasteiger partial charge in [-0.2, -0.15) is 0 Å². The molecule has 4 heterocycles. The normalized spacial score (nSPS) is 36.2. The Morgan fingerprint density at radius 1 is 0.925 bits per heavy atom. The van der Waals surface area contributed by atoms with Gasteiger partial charge >= 0.3 is 0 Å². The van der Waals surface area contributed by atoms with E-state index in [1.807, 2.05) is 0 Å². The number of piperidine rings is 2. The molecule has 4 saturated heterocycles. The Morgan fingerprint density at radius 3 is 2.35 bits per heavy atom. The van der Waals surface area contributed by atoms with Crippen LogP contribution in [0, 0.1) is 11.3 Å². The van der Waals surface area contributed by atoms with Crippen LogP contribution in [0.3, 0.4) is 0 Å². The average Bonchev–Trinajstić information content (AvgIpc) is 2.95. The maximum Gasteiger partial charge on any atom is 0.227 e. The molecule has 5 aliphatic rings. The third-order valence-corrected chi connectivity index (χ3v) is 10.6. The fraction of sp³-hybridized carbons (Fsp3) is 0.966. The van der Waals surface area contributed by atoms with E-state index in [2.05, 4.69) is 25.8 Å². The van der Waals surface area contributed by atoms with Gasteiger partial charge in [-0.15, -0.1) is 0 Å². The van der Waals surface area contributed by atoms with E-state index in [9.17, 15) is 9.18 Å². The molecule has 0 aromatic rings. The van der Waals surface area contributed by atoms with Crippen LogP contribution in [0.15, 0.2) is 0 Å². The van der Waals surface area contributed by atoms with E-state index in [0.29, 0.717) is 19.0 Å². The summed E-state index contributed by atoms with van der Waals surface area (Å²) in [5.74, 6) is -0.958. The van der Waals surface area contributed by atoms with E-state index < -0.39 is 30.5 Å². The number of nitrogens with zero attached hydrogens (tertiary/aromatic N) is 2. The number of amides is 1. The molecule has 1 spiro atoms. The maximum absolute atomic E-state index is 15.5. The number of alkyl halides is 2. The predicted molar refractivity (Wildman–Crippen MR) is 152 cm³/mol. The number of halogens is 2. The van der Waals surface area contributed by atoms with Crippen molar-refractivity contribution >= 4 is 5.91 Å². The zero-order chi connectivity index (χ0) is 28.1. The molecule has 230 valence electrons. The fourth-order valence-corrected chi connectivity index (χ4v) is 8.38. The molecular weight excluding hydrogens is 516 g/mol. The van der Waals surface area contributed by atoms with Crippen molar-refractivity contribution in [1.82, 2.24) is 25.8 Å². The van der Waals surface area contributed by atoms with E-state index >= 15 is 4.39 Å². The first-order valence-electron chi connectivity index (χ1n) is 15.9. The van der Waals surface area contributed by atoms with Gasteiger partial charge in [0, 0.05) is 57.9 Å². The van der Waals surface area contributed by atoms with Gasteiger partial charge in [-0.25, -0.2) is 8.78 Å². The summed E-state index contributed by atoms with van der Waals surface area (Å²) in [5, 5.41) is 9.71. The van der Waals surface area contributed by atoms with Gasteiger partial charge in [0.05, 0.1) is 37.4 Å². The quantitative estimate of drug-likeness (QED) is 0.299. The van der Waals surface area contributed by atoms with E-state index in [1.165, 1.54) is 6.42 Å². The highest BCUT2D eigenvalue weighted by atomic mass is 19.1. The number of nitrogens with two attached hydrogens (primary N) is 2. The third-order valence-electron chi connectivity index (χ3n) is 10.6. The lowest BCUT2D eigenvalue weighted by Gasteiger charge is -2.47. The van der Waals surface area contributed by atoms with Gasteiger partial charge in [-0.1, -0.05) is 19.3 Å². The van der Waals surface area contributed by atoms with Gasteiger partial charge in [0.1, 0.15) is 12.3 Å². The lowest BCUT2D eigenvalue weighted by molar-refractivity contribution is -0.129. The number of nitrogens with one attached hydrogen (secondary N) is 3. The molecule has 5 fully saturated rings. The Balaban J connectivity index is 1.25. The first-order chi connectivity index (χ1) is 19.3. The smallest absolute Gasteiger partial charge is 0.227 e. The predicted octanol–water partition coefficient (Wildman–Crippen LogP) is 0.868.